The summed E-state index contributed by atoms with van der Waals surface area (Å²) in [7, 11) is 0. The van der Waals surface area contributed by atoms with Gasteiger partial charge < -0.3 is 15.2 Å². The fourth-order valence-electron chi connectivity index (χ4n) is 2.36. The topological polar surface area (TPSA) is 75.6 Å². The summed E-state index contributed by atoms with van der Waals surface area (Å²) in [4.78, 5) is 22.7. The van der Waals surface area contributed by atoms with Gasteiger partial charge in [0.05, 0.1) is 18.6 Å². The van der Waals surface area contributed by atoms with E-state index in [1.54, 1.807) is 6.92 Å². The number of nitrogens with one attached hydrogen (secondary N) is 1. The van der Waals surface area contributed by atoms with E-state index in [9.17, 15) is 14.7 Å². The van der Waals surface area contributed by atoms with E-state index in [2.05, 4.69) is 5.32 Å². The van der Waals surface area contributed by atoms with Gasteiger partial charge in [0, 0.05) is 13.0 Å². The number of carbonyl (C=O) groups is 2. The minimum Gasteiger partial charge on any atom is -0.466 e. The lowest BCUT2D eigenvalue weighted by Crippen LogP contribution is -2.42. The minimum atomic E-state index is -0.768. The normalized spacial score (nSPS) is 18.4. The van der Waals surface area contributed by atoms with E-state index in [0.717, 1.165) is 38.5 Å². The molecule has 5 heteroatoms. The number of ether oxygens (including phenoxy) is 1. The number of hydrogen-bond acceptors (Lipinski definition) is 4. The fraction of sp³-hybridized carbons (Fsp3) is 0.857. The van der Waals surface area contributed by atoms with Crippen LogP contribution in [0, 0.1) is 0 Å². The van der Waals surface area contributed by atoms with Crippen LogP contribution >= 0.6 is 0 Å². The van der Waals surface area contributed by atoms with E-state index in [4.69, 9.17) is 4.74 Å². The smallest absolute Gasteiger partial charge is 0.306 e. The van der Waals surface area contributed by atoms with Crippen molar-refractivity contribution in [2.75, 3.05) is 13.2 Å². The Hall–Kier alpha value is -1.10. The number of carbonyl (C=O) groups excluding carboxylic acids is 2. The first-order valence-electron chi connectivity index (χ1n) is 7.20. The number of esters is 1. The molecule has 1 amide bonds. The predicted octanol–water partition coefficient (Wildman–Crippen LogP) is 1.53. The molecule has 1 rings (SSSR count). The van der Waals surface area contributed by atoms with Gasteiger partial charge in [-0.1, -0.05) is 25.7 Å². The fourth-order valence-corrected chi connectivity index (χ4v) is 2.36. The summed E-state index contributed by atoms with van der Waals surface area (Å²) in [6.07, 6.45) is 6.02. The second-order valence-electron chi connectivity index (χ2n) is 5.22. The van der Waals surface area contributed by atoms with Crippen molar-refractivity contribution in [2.45, 2.75) is 63.9 Å². The van der Waals surface area contributed by atoms with E-state index < -0.39 is 5.60 Å². The molecule has 19 heavy (non-hydrogen) atoms. The van der Waals surface area contributed by atoms with Crippen LogP contribution in [0.4, 0.5) is 0 Å². The van der Waals surface area contributed by atoms with Crippen LogP contribution in [-0.4, -0.2) is 35.7 Å². The lowest BCUT2D eigenvalue weighted by molar-refractivity contribution is -0.144. The average molecular weight is 271 g/mol. The molecule has 0 heterocycles. The first kappa shape index (κ1) is 16.0. The summed E-state index contributed by atoms with van der Waals surface area (Å²) >= 11 is 0. The van der Waals surface area contributed by atoms with Gasteiger partial charge in [-0.25, -0.2) is 0 Å². The van der Waals surface area contributed by atoms with Crippen molar-refractivity contribution in [1.82, 2.24) is 5.32 Å². The lowest BCUT2D eigenvalue weighted by atomic mass is 9.94. The Morgan fingerprint density at radius 3 is 2.37 bits per heavy atom. The Balaban J connectivity index is 2.23. The van der Waals surface area contributed by atoms with Crippen molar-refractivity contribution in [2.24, 2.45) is 0 Å². The minimum absolute atomic E-state index is 0.0953. The zero-order valence-electron chi connectivity index (χ0n) is 11.7. The predicted molar refractivity (Wildman–Crippen MR) is 71.5 cm³/mol. The maximum Gasteiger partial charge on any atom is 0.306 e. The van der Waals surface area contributed by atoms with Crippen LogP contribution in [0.5, 0.6) is 0 Å². The van der Waals surface area contributed by atoms with Crippen molar-refractivity contribution < 1.29 is 19.4 Å². The maximum atomic E-state index is 11.6. The van der Waals surface area contributed by atoms with Crippen molar-refractivity contribution >= 4 is 11.9 Å². The molecule has 0 saturated heterocycles. The van der Waals surface area contributed by atoms with Crippen LogP contribution in [0.2, 0.25) is 0 Å². The molecular weight excluding hydrogens is 246 g/mol. The first-order chi connectivity index (χ1) is 9.06. The molecule has 1 aliphatic rings. The third kappa shape index (κ3) is 6.57. The highest BCUT2D eigenvalue weighted by atomic mass is 16.5. The Morgan fingerprint density at radius 1 is 1.16 bits per heavy atom. The van der Waals surface area contributed by atoms with Crippen LogP contribution in [0.3, 0.4) is 0 Å². The molecule has 5 nitrogen and oxygen atoms in total. The molecule has 0 unspecified atom stereocenters. The van der Waals surface area contributed by atoms with Crippen molar-refractivity contribution in [3.8, 4) is 0 Å². The number of aliphatic hydroxyl groups is 1. The molecule has 0 aromatic carbocycles. The standard InChI is InChI=1S/C14H25NO4/c1-2-19-13(17)8-7-12(16)15-11-14(18)9-5-3-4-6-10-14/h18H,2-11H2,1H3,(H,15,16). The van der Waals surface area contributed by atoms with Gasteiger partial charge in [0.25, 0.3) is 0 Å². The SMILES string of the molecule is CCOC(=O)CCC(=O)NCC1(O)CCCCCC1. The van der Waals surface area contributed by atoms with Crippen molar-refractivity contribution in [3.05, 3.63) is 0 Å². The Labute approximate surface area is 114 Å². The lowest BCUT2D eigenvalue weighted by Gasteiger charge is -2.26. The second kappa shape index (κ2) is 8.15. The molecule has 1 fully saturated rings. The Bertz CT molecular complexity index is 296. The summed E-state index contributed by atoms with van der Waals surface area (Å²) in [5, 5.41) is 13.1. The molecule has 0 atom stereocenters. The molecule has 2 N–H and O–H groups in total. The molecule has 1 saturated carbocycles. The van der Waals surface area contributed by atoms with Gasteiger partial charge >= 0.3 is 5.97 Å². The quantitative estimate of drug-likeness (QED) is 0.567. The van der Waals surface area contributed by atoms with Gasteiger partial charge in [-0.05, 0) is 19.8 Å². The Kier molecular flexibility index (Phi) is 6.84. The van der Waals surface area contributed by atoms with Gasteiger partial charge in [0.2, 0.25) is 5.91 Å². The molecule has 0 spiro atoms. The summed E-state index contributed by atoms with van der Waals surface area (Å²) in [5.41, 5.74) is -0.768. The molecule has 0 bridgehead atoms. The largest absolute Gasteiger partial charge is 0.466 e. The Morgan fingerprint density at radius 2 is 1.79 bits per heavy atom. The van der Waals surface area contributed by atoms with Gasteiger partial charge in [-0.2, -0.15) is 0 Å². The number of hydrogen-bond donors (Lipinski definition) is 2. The average Bonchev–Trinajstić information content (AvgIpc) is 2.60. The van der Waals surface area contributed by atoms with Crippen LogP contribution in [0.25, 0.3) is 0 Å². The van der Waals surface area contributed by atoms with Crippen LogP contribution < -0.4 is 5.32 Å². The van der Waals surface area contributed by atoms with E-state index in [1.807, 2.05) is 0 Å². The number of amides is 1. The third-order valence-corrected chi connectivity index (χ3v) is 3.51. The highest BCUT2D eigenvalue weighted by molar-refractivity contribution is 5.81. The molecule has 110 valence electrons. The molecular formula is C14H25NO4. The van der Waals surface area contributed by atoms with E-state index in [1.165, 1.54) is 0 Å². The van der Waals surface area contributed by atoms with E-state index >= 15 is 0 Å². The van der Waals surface area contributed by atoms with Gasteiger partial charge in [0.15, 0.2) is 0 Å². The van der Waals surface area contributed by atoms with E-state index in [0.29, 0.717) is 6.61 Å². The van der Waals surface area contributed by atoms with Crippen LogP contribution in [-0.2, 0) is 14.3 Å². The molecule has 0 aromatic rings. The van der Waals surface area contributed by atoms with Gasteiger partial charge in [0.1, 0.15) is 0 Å². The van der Waals surface area contributed by atoms with Crippen LogP contribution in [0.1, 0.15) is 58.3 Å². The highest BCUT2D eigenvalue weighted by Gasteiger charge is 2.28. The van der Waals surface area contributed by atoms with Crippen molar-refractivity contribution in [3.63, 3.8) is 0 Å². The monoisotopic (exact) mass is 271 g/mol. The van der Waals surface area contributed by atoms with Gasteiger partial charge in [-0.15, -0.1) is 0 Å². The van der Waals surface area contributed by atoms with Gasteiger partial charge in [-0.3, -0.25) is 9.59 Å². The molecule has 0 radical (unpaired) electrons. The maximum absolute atomic E-state index is 11.6. The molecule has 0 aliphatic heterocycles. The zero-order chi connectivity index (χ0) is 14.1. The summed E-state index contributed by atoms with van der Waals surface area (Å²) in [6, 6.07) is 0. The second-order valence-corrected chi connectivity index (χ2v) is 5.22. The van der Waals surface area contributed by atoms with E-state index in [-0.39, 0.29) is 31.3 Å². The highest BCUT2D eigenvalue weighted by Crippen LogP contribution is 2.26. The third-order valence-electron chi connectivity index (χ3n) is 3.51. The molecule has 1 aliphatic carbocycles. The summed E-state index contributed by atoms with van der Waals surface area (Å²) in [5.74, 6) is -0.559. The number of rotatable bonds is 6. The molecule has 0 aromatic heterocycles. The summed E-state index contributed by atoms with van der Waals surface area (Å²) < 4.78 is 4.75. The zero-order valence-corrected chi connectivity index (χ0v) is 11.7. The van der Waals surface area contributed by atoms with Crippen LogP contribution in [0.15, 0.2) is 0 Å². The summed E-state index contributed by atoms with van der Waals surface area (Å²) in [6.45, 7) is 2.36. The first-order valence-corrected chi connectivity index (χ1v) is 7.20. The van der Waals surface area contributed by atoms with Crippen molar-refractivity contribution in [1.29, 1.82) is 0 Å².